The van der Waals surface area contributed by atoms with Gasteiger partial charge in [-0.15, -0.1) is 0 Å². The van der Waals surface area contributed by atoms with E-state index >= 15 is 0 Å². The number of ether oxygens (including phenoxy) is 2. The van der Waals surface area contributed by atoms with Crippen LogP contribution in [0.5, 0.6) is 11.5 Å². The molecule has 0 aromatic heterocycles. The molecule has 9 heteroatoms. The summed E-state index contributed by atoms with van der Waals surface area (Å²) in [4.78, 5) is 12.1. The highest BCUT2D eigenvalue weighted by molar-refractivity contribution is 7.89. The fourth-order valence-corrected chi connectivity index (χ4v) is 4.81. The third-order valence-corrected chi connectivity index (χ3v) is 6.68. The topological polar surface area (TPSA) is 84.9 Å². The Hall–Kier alpha value is -2.65. The average Bonchev–Trinajstić information content (AvgIpc) is 2.74. The molecule has 7 nitrogen and oxygen atoms in total. The molecule has 1 amide bonds. The Kier molecular flexibility index (Phi) is 6.39. The Labute approximate surface area is 169 Å². The van der Waals surface area contributed by atoms with E-state index in [0.29, 0.717) is 30.3 Å². The minimum Gasteiger partial charge on any atom is -0.493 e. The zero-order chi connectivity index (χ0) is 21.0. The molecule has 1 N–H and O–H groups in total. The third-order valence-electron chi connectivity index (χ3n) is 4.77. The van der Waals surface area contributed by atoms with Gasteiger partial charge in [0.1, 0.15) is 10.7 Å². The molecular formula is C20H23FN2O5S. The van der Waals surface area contributed by atoms with Crippen molar-refractivity contribution in [2.24, 2.45) is 0 Å². The summed E-state index contributed by atoms with van der Waals surface area (Å²) >= 11 is 0. The maximum atomic E-state index is 14.3. The lowest BCUT2D eigenvalue weighted by molar-refractivity contribution is 0.102. The van der Waals surface area contributed by atoms with E-state index in [-0.39, 0.29) is 5.56 Å². The van der Waals surface area contributed by atoms with Crippen molar-refractivity contribution in [3.8, 4) is 11.5 Å². The number of hydrogen-bond donors (Lipinski definition) is 1. The molecule has 1 aliphatic heterocycles. The van der Waals surface area contributed by atoms with Crippen LogP contribution >= 0.6 is 0 Å². The van der Waals surface area contributed by atoms with Crippen LogP contribution in [-0.4, -0.2) is 45.9 Å². The van der Waals surface area contributed by atoms with E-state index in [1.165, 1.54) is 24.6 Å². The van der Waals surface area contributed by atoms with Crippen molar-refractivity contribution < 1.29 is 27.1 Å². The van der Waals surface area contributed by atoms with Gasteiger partial charge in [0.2, 0.25) is 10.0 Å². The quantitative estimate of drug-likeness (QED) is 0.772. The molecule has 0 aliphatic carbocycles. The lowest BCUT2D eigenvalue weighted by Gasteiger charge is -2.26. The van der Waals surface area contributed by atoms with E-state index in [1.807, 2.05) is 0 Å². The Bertz CT molecular complexity index is 1000. The molecule has 0 radical (unpaired) electrons. The highest BCUT2D eigenvalue weighted by Gasteiger charge is 2.29. The van der Waals surface area contributed by atoms with Gasteiger partial charge in [0.25, 0.3) is 5.91 Å². The number of methoxy groups -OCH3 is 2. The summed E-state index contributed by atoms with van der Waals surface area (Å²) in [5, 5.41) is 2.66. The van der Waals surface area contributed by atoms with Gasteiger partial charge in [-0.05, 0) is 43.2 Å². The van der Waals surface area contributed by atoms with Crippen molar-refractivity contribution in [1.82, 2.24) is 4.31 Å². The number of nitrogens with zero attached hydrogens (tertiary/aromatic N) is 1. The molecule has 29 heavy (non-hydrogen) atoms. The molecule has 1 aliphatic rings. The number of nitrogens with one attached hydrogen (secondary N) is 1. The number of halogens is 1. The molecule has 1 heterocycles. The Morgan fingerprint density at radius 2 is 1.69 bits per heavy atom. The van der Waals surface area contributed by atoms with Crippen molar-refractivity contribution in [3.63, 3.8) is 0 Å². The van der Waals surface area contributed by atoms with Gasteiger partial charge < -0.3 is 14.8 Å². The molecule has 1 saturated heterocycles. The first-order chi connectivity index (χ1) is 13.9. The summed E-state index contributed by atoms with van der Waals surface area (Å²) in [7, 11) is -1.03. The van der Waals surface area contributed by atoms with Crippen molar-refractivity contribution in [1.29, 1.82) is 0 Å². The van der Waals surface area contributed by atoms with Crippen LogP contribution in [0.2, 0.25) is 0 Å². The second-order valence-electron chi connectivity index (χ2n) is 6.63. The number of hydrogen-bond acceptors (Lipinski definition) is 5. The lowest BCUT2D eigenvalue weighted by Crippen LogP contribution is -2.36. The fourth-order valence-electron chi connectivity index (χ4n) is 3.20. The molecule has 2 aromatic rings. The van der Waals surface area contributed by atoms with Gasteiger partial charge in [-0.3, -0.25) is 4.79 Å². The van der Waals surface area contributed by atoms with Gasteiger partial charge in [-0.1, -0.05) is 6.42 Å². The van der Waals surface area contributed by atoms with E-state index in [1.54, 1.807) is 18.2 Å². The second-order valence-corrected chi connectivity index (χ2v) is 8.54. The number of piperidine rings is 1. The first kappa shape index (κ1) is 21.1. The molecule has 3 rings (SSSR count). The predicted molar refractivity (Wildman–Crippen MR) is 107 cm³/mol. The SMILES string of the molecule is COc1ccc(NC(=O)c2ccc(F)c(S(=O)(=O)N3CCCCC3)c2)cc1OC. The summed E-state index contributed by atoms with van der Waals surface area (Å²) in [5.74, 6) is -0.509. The van der Waals surface area contributed by atoms with Crippen LogP contribution in [0.25, 0.3) is 0 Å². The van der Waals surface area contributed by atoms with Gasteiger partial charge in [-0.2, -0.15) is 4.31 Å². The van der Waals surface area contributed by atoms with Gasteiger partial charge >= 0.3 is 0 Å². The summed E-state index contributed by atoms with van der Waals surface area (Å²) < 4.78 is 51.6. The molecule has 156 valence electrons. The van der Waals surface area contributed by atoms with Crippen LogP contribution < -0.4 is 14.8 Å². The van der Waals surface area contributed by atoms with Crippen molar-refractivity contribution >= 4 is 21.6 Å². The Balaban J connectivity index is 1.86. The normalized spacial score (nSPS) is 15.0. The van der Waals surface area contributed by atoms with Crippen LogP contribution in [0.4, 0.5) is 10.1 Å². The smallest absolute Gasteiger partial charge is 0.255 e. The summed E-state index contributed by atoms with van der Waals surface area (Å²) in [6.07, 6.45) is 2.42. The minimum atomic E-state index is -4.00. The maximum absolute atomic E-state index is 14.3. The van der Waals surface area contributed by atoms with Gasteiger partial charge in [0, 0.05) is 30.4 Å². The summed E-state index contributed by atoms with van der Waals surface area (Å²) in [5.41, 5.74) is 0.467. The fraction of sp³-hybridized carbons (Fsp3) is 0.350. The second kappa shape index (κ2) is 8.79. The zero-order valence-corrected chi connectivity index (χ0v) is 17.1. The molecule has 0 bridgehead atoms. The molecular weight excluding hydrogens is 399 g/mol. The average molecular weight is 422 g/mol. The van der Waals surface area contributed by atoms with E-state index in [0.717, 1.165) is 31.4 Å². The first-order valence-electron chi connectivity index (χ1n) is 9.20. The monoisotopic (exact) mass is 422 g/mol. The largest absolute Gasteiger partial charge is 0.493 e. The number of sulfonamides is 1. The van der Waals surface area contributed by atoms with Crippen molar-refractivity contribution in [2.45, 2.75) is 24.2 Å². The van der Waals surface area contributed by atoms with E-state index in [9.17, 15) is 17.6 Å². The van der Waals surface area contributed by atoms with Gasteiger partial charge in [0.05, 0.1) is 14.2 Å². The van der Waals surface area contributed by atoms with Crippen LogP contribution in [0.1, 0.15) is 29.6 Å². The molecule has 0 atom stereocenters. The van der Waals surface area contributed by atoms with E-state index in [2.05, 4.69) is 5.32 Å². The minimum absolute atomic E-state index is 0.0387. The zero-order valence-electron chi connectivity index (χ0n) is 16.3. The Morgan fingerprint density at radius 1 is 1.00 bits per heavy atom. The number of amides is 1. The van der Waals surface area contributed by atoms with Crippen LogP contribution in [0.15, 0.2) is 41.3 Å². The van der Waals surface area contributed by atoms with E-state index in [4.69, 9.17) is 9.47 Å². The van der Waals surface area contributed by atoms with Crippen LogP contribution in [0, 0.1) is 5.82 Å². The molecule has 0 spiro atoms. The Morgan fingerprint density at radius 3 is 2.34 bits per heavy atom. The van der Waals surface area contributed by atoms with Crippen LogP contribution in [0.3, 0.4) is 0 Å². The number of carbonyl (C=O) groups is 1. The molecule has 0 unspecified atom stereocenters. The van der Waals surface area contributed by atoms with Crippen molar-refractivity contribution in [2.75, 3.05) is 32.6 Å². The van der Waals surface area contributed by atoms with Gasteiger partial charge in [-0.25, -0.2) is 12.8 Å². The van der Waals surface area contributed by atoms with Crippen molar-refractivity contribution in [3.05, 3.63) is 47.8 Å². The third kappa shape index (κ3) is 4.51. The molecule has 2 aromatic carbocycles. The first-order valence-corrected chi connectivity index (χ1v) is 10.6. The summed E-state index contributed by atoms with van der Waals surface area (Å²) in [6.45, 7) is 0.702. The predicted octanol–water partition coefficient (Wildman–Crippen LogP) is 3.27. The molecule has 1 fully saturated rings. The maximum Gasteiger partial charge on any atom is 0.255 e. The lowest BCUT2D eigenvalue weighted by atomic mass is 10.2. The van der Waals surface area contributed by atoms with E-state index < -0.39 is 26.6 Å². The highest BCUT2D eigenvalue weighted by atomic mass is 32.2. The summed E-state index contributed by atoms with van der Waals surface area (Å²) in [6, 6.07) is 8.15. The number of carbonyl (C=O) groups excluding carboxylic acids is 1. The standard InChI is InChI=1S/C20H23FN2O5S/c1-27-17-9-7-15(13-18(17)28-2)22-20(24)14-6-8-16(21)19(12-14)29(25,26)23-10-4-3-5-11-23/h6-9,12-13H,3-5,10-11H2,1-2H3,(H,22,24). The van der Waals surface area contributed by atoms with Gasteiger partial charge in [0.15, 0.2) is 11.5 Å². The number of benzene rings is 2. The number of anilines is 1. The highest BCUT2D eigenvalue weighted by Crippen LogP contribution is 2.30. The number of rotatable bonds is 6. The molecule has 0 saturated carbocycles. The van der Waals surface area contributed by atoms with Crippen LogP contribution in [-0.2, 0) is 10.0 Å².